The van der Waals surface area contributed by atoms with Crippen LogP contribution in [0.15, 0.2) is 18.7 Å². The Kier molecular flexibility index (Phi) is 8.72. The monoisotopic (exact) mass is 313 g/mol. The minimum Gasteiger partial charge on any atom is -0.480 e. The lowest BCUT2D eigenvalue weighted by molar-refractivity contribution is -0.696. The van der Waals surface area contributed by atoms with Crippen molar-refractivity contribution in [2.45, 2.75) is 63.7 Å². The highest BCUT2D eigenvalue weighted by molar-refractivity contribution is 5.72. The number of hydrogen-bond donors (Lipinski definition) is 4. The van der Waals surface area contributed by atoms with Gasteiger partial charge in [0, 0.05) is 6.04 Å². The van der Waals surface area contributed by atoms with E-state index in [9.17, 15) is 4.79 Å². The third-order valence-corrected chi connectivity index (χ3v) is 3.72. The summed E-state index contributed by atoms with van der Waals surface area (Å²) in [5, 5.41) is 17.5. The minimum atomic E-state index is -0.931. The Morgan fingerprint density at radius 3 is 2.59 bits per heavy atom. The topological polar surface area (TPSA) is 118 Å². The number of carboxylic acids is 1. The highest BCUT2D eigenvalue weighted by Crippen LogP contribution is 2.02. The number of rotatable bonds is 12. The standard InChI is InChI=1S/C15H28N4O3/c16-13(11-20)5-1-3-7-18-9-10-19(12-18)8-4-2-6-14(17)15(21)22/h9-10,12-14,20H,1-8,11,16-17H2/p+1. The highest BCUT2D eigenvalue weighted by atomic mass is 16.4. The number of aliphatic carboxylic acids is 1. The fraction of sp³-hybridized carbons (Fsp3) is 0.733. The van der Waals surface area contributed by atoms with E-state index in [0.717, 1.165) is 45.2 Å². The predicted octanol–water partition coefficient (Wildman–Crippen LogP) is -0.152. The molecule has 0 bridgehead atoms. The average molecular weight is 313 g/mol. The lowest BCUT2D eigenvalue weighted by Crippen LogP contribution is -2.32. The van der Waals surface area contributed by atoms with E-state index in [2.05, 4.69) is 15.5 Å². The summed E-state index contributed by atoms with van der Waals surface area (Å²) in [7, 11) is 0. The van der Waals surface area contributed by atoms with Crippen LogP contribution in [0.25, 0.3) is 0 Å². The van der Waals surface area contributed by atoms with Gasteiger partial charge in [-0.15, -0.1) is 0 Å². The maximum absolute atomic E-state index is 10.6. The van der Waals surface area contributed by atoms with Crippen LogP contribution in [-0.4, -0.2) is 39.4 Å². The molecule has 2 unspecified atom stereocenters. The van der Waals surface area contributed by atoms with Crippen molar-refractivity contribution in [3.05, 3.63) is 18.7 Å². The Morgan fingerprint density at radius 2 is 1.91 bits per heavy atom. The molecule has 1 aromatic rings. The molecule has 0 saturated heterocycles. The molecule has 22 heavy (non-hydrogen) atoms. The van der Waals surface area contributed by atoms with Crippen molar-refractivity contribution in [2.24, 2.45) is 11.5 Å². The molecule has 0 aliphatic carbocycles. The fourth-order valence-corrected chi connectivity index (χ4v) is 2.28. The van der Waals surface area contributed by atoms with Crippen LogP contribution in [0.5, 0.6) is 0 Å². The van der Waals surface area contributed by atoms with Gasteiger partial charge in [0.05, 0.1) is 19.7 Å². The molecule has 2 atom stereocenters. The van der Waals surface area contributed by atoms with Gasteiger partial charge >= 0.3 is 5.97 Å². The van der Waals surface area contributed by atoms with E-state index in [-0.39, 0.29) is 12.6 Å². The second-order valence-corrected chi connectivity index (χ2v) is 5.77. The lowest BCUT2D eigenvalue weighted by atomic mass is 10.1. The zero-order chi connectivity index (χ0) is 16.4. The summed E-state index contributed by atoms with van der Waals surface area (Å²) in [6, 6.07) is -0.855. The number of nitrogens with two attached hydrogens (primary N) is 2. The van der Waals surface area contributed by atoms with Crippen LogP contribution in [0.2, 0.25) is 0 Å². The number of imidazole rings is 1. The Morgan fingerprint density at radius 1 is 1.18 bits per heavy atom. The molecule has 0 fully saturated rings. The molecule has 1 heterocycles. The molecule has 7 nitrogen and oxygen atoms in total. The Balaban J connectivity index is 2.15. The zero-order valence-corrected chi connectivity index (χ0v) is 13.1. The van der Waals surface area contributed by atoms with E-state index in [1.54, 1.807) is 0 Å². The van der Waals surface area contributed by atoms with Crippen molar-refractivity contribution >= 4 is 5.97 Å². The van der Waals surface area contributed by atoms with Crippen LogP contribution in [-0.2, 0) is 17.9 Å². The van der Waals surface area contributed by atoms with Gasteiger partial charge in [-0.1, -0.05) is 0 Å². The summed E-state index contributed by atoms with van der Waals surface area (Å²) < 4.78 is 4.24. The van der Waals surface area contributed by atoms with E-state index in [1.165, 1.54) is 0 Å². The molecule has 0 aliphatic heterocycles. The van der Waals surface area contributed by atoms with Gasteiger partial charge in [-0.25, -0.2) is 9.13 Å². The normalized spacial score (nSPS) is 14.0. The van der Waals surface area contributed by atoms with Gasteiger partial charge in [0.2, 0.25) is 6.33 Å². The molecule has 7 heteroatoms. The van der Waals surface area contributed by atoms with Crippen LogP contribution < -0.4 is 16.0 Å². The minimum absolute atomic E-state index is 0.0507. The number of aliphatic hydroxyl groups is 1. The maximum atomic E-state index is 10.6. The first-order valence-corrected chi connectivity index (χ1v) is 7.92. The van der Waals surface area contributed by atoms with Gasteiger partial charge in [0.15, 0.2) is 0 Å². The largest absolute Gasteiger partial charge is 0.480 e. The van der Waals surface area contributed by atoms with Crippen molar-refractivity contribution in [3.63, 3.8) is 0 Å². The first kappa shape index (κ1) is 18.6. The molecule has 1 aromatic heterocycles. The first-order valence-electron chi connectivity index (χ1n) is 7.92. The third-order valence-electron chi connectivity index (χ3n) is 3.72. The predicted molar refractivity (Wildman–Crippen MR) is 83.0 cm³/mol. The van der Waals surface area contributed by atoms with E-state index < -0.39 is 12.0 Å². The number of hydrogen-bond acceptors (Lipinski definition) is 4. The Labute approximate surface area is 131 Å². The van der Waals surface area contributed by atoms with Crippen LogP contribution in [0.3, 0.4) is 0 Å². The van der Waals surface area contributed by atoms with Gasteiger partial charge in [-0.3, -0.25) is 4.79 Å². The highest BCUT2D eigenvalue weighted by Gasteiger charge is 2.11. The summed E-state index contributed by atoms with van der Waals surface area (Å²) in [4.78, 5) is 10.6. The summed E-state index contributed by atoms with van der Waals surface area (Å²) >= 11 is 0. The zero-order valence-electron chi connectivity index (χ0n) is 13.1. The third kappa shape index (κ3) is 7.53. The van der Waals surface area contributed by atoms with Crippen LogP contribution >= 0.6 is 0 Å². The molecule has 0 radical (unpaired) electrons. The molecule has 0 aliphatic rings. The Hall–Kier alpha value is -1.44. The van der Waals surface area contributed by atoms with Crippen molar-refractivity contribution in [3.8, 4) is 0 Å². The van der Waals surface area contributed by atoms with E-state index >= 15 is 0 Å². The SMILES string of the molecule is NC(CO)CCCCn1cc[n+](CCCCC(N)C(=O)O)c1. The molecule has 1 rings (SSSR count). The van der Waals surface area contributed by atoms with E-state index in [1.807, 2.05) is 12.4 Å². The van der Waals surface area contributed by atoms with Crippen LogP contribution in [0.1, 0.15) is 38.5 Å². The van der Waals surface area contributed by atoms with Gasteiger partial charge in [-0.2, -0.15) is 0 Å². The number of carbonyl (C=O) groups is 1. The van der Waals surface area contributed by atoms with E-state index in [4.69, 9.17) is 21.7 Å². The van der Waals surface area contributed by atoms with Crippen molar-refractivity contribution in [1.29, 1.82) is 0 Å². The molecule has 0 amide bonds. The first-order chi connectivity index (χ1) is 10.5. The second-order valence-electron chi connectivity index (χ2n) is 5.77. The summed E-state index contributed by atoms with van der Waals surface area (Å²) in [6.45, 7) is 1.86. The van der Waals surface area contributed by atoms with Gasteiger partial charge < -0.3 is 21.7 Å². The van der Waals surface area contributed by atoms with Crippen molar-refractivity contribution < 1.29 is 19.6 Å². The molecule has 0 saturated carbocycles. The van der Waals surface area contributed by atoms with Gasteiger partial charge in [0.1, 0.15) is 18.4 Å². The average Bonchev–Trinajstić information content (AvgIpc) is 2.95. The number of aliphatic hydroxyl groups excluding tert-OH is 1. The molecule has 0 spiro atoms. The number of nitrogens with zero attached hydrogens (tertiary/aromatic N) is 2. The number of unbranched alkanes of at least 4 members (excludes halogenated alkanes) is 2. The fourth-order valence-electron chi connectivity index (χ4n) is 2.28. The summed E-state index contributed by atoms with van der Waals surface area (Å²) in [6.07, 6.45) is 11.3. The number of carboxylic acid groups (broad SMARTS) is 1. The Bertz CT molecular complexity index is 436. The van der Waals surface area contributed by atoms with E-state index in [0.29, 0.717) is 6.42 Å². The molecule has 6 N–H and O–H groups in total. The molecule has 126 valence electrons. The smallest absolute Gasteiger partial charge is 0.320 e. The number of aryl methyl sites for hydroxylation is 2. The molecule has 0 aromatic carbocycles. The van der Waals surface area contributed by atoms with Crippen LogP contribution in [0.4, 0.5) is 0 Å². The van der Waals surface area contributed by atoms with Gasteiger partial charge in [0.25, 0.3) is 0 Å². The molecular formula is C15H29N4O3+. The lowest BCUT2D eigenvalue weighted by Gasteiger charge is -2.06. The summed E-state index contributed by atoms with van der Waals surface area (Å²) in [5.74, 6) is -0.931. The van der Waals surface area contributed by atoms with Crippen molar-refractivity contribution in [2.75, 3.05) is 6.61 Å². The quantitative estimate of drug-likeness (QED) is 0.316. The van der Waals surface area contributed by atoms with Crippen molar-refractivity contribution in [1.82, 2.24) is 4.57 Å². The van der Waals surface area contributed by atoms with Gasteiger partial charge in [-0.05, 0) is 38.5 Å². The van der Waals surface area contributed by atoms with Crippen LogP contribution in [0, 0.1) is 0 Å². The second kappa shape index (κ2) is 10.3. The summed E-state index contributed by atoms with van der Waals surface area (Å²) in [5.41, 5.74) is 11.1. The number of aromatic nitrogens is 2. The molecular weight excluding hydrogens is 284 g/mol. The maximum Gasteiger partial charge on any atom is 0.320 e.